The van der Waals surface area contributed by atoms with Crippen LogP contribution in [0.1, 0.15) is 26.7 Å². The van der Waals surface area contributed by atoms with Crippen molar-refractivity contribution in [3.8, 4) is 0 Å². The molecule has 0 aromatic heterocycles. The zero-order valence-electron chi connectivity index (χ0n) is 7.92. The van der Waals surface area contributed by atoms with E-state index in [1.54, 1.807) is 0 Å². The van der Waals surface area contributed by atoms with E-state index in [1.165, 1.54) is 6.42 Å². The third-order valence-electron chi connectivity index (χ3n) is 2.09. The summed E-state index contributed by atoms with van der Waals surface area (Å²) in [5.74, 6) is 1.09. The van der Waals surface area contributed by atoms with Crippen molar-refractivity contribution < 1.29 is 4.74 Å². The van der Waals surface area contributed by atoms with Crippen molar-refractivity contribution in [2.75, 3.05) is 13.2 Å². The van der Waals surface area contributed by atoms with E-state index in [0.29, 0.717) is 12.0 Å². The van der Waals surface area contributed by atoms with Gasteiger partial charge >= 0.3 is 0 Å². The maximum Gasteiger partial charge on any atom is 0.0963 e. The number of hydrogen-bond acceptors (Lipinski definition) is 2. The molecule has 1 unspecified atom stereocenters. The van der Waals surface area contributed by atoms with Crippen molar-refractivity contribution in [2.45, 2.75) is 32.8 Å². The van der Waals surface area contributed by atoms with Crippen LogP contribution in [0.2, 0.25) is 0 Å². The lowest BCUT2D eigenvalue weighted by molar-refractivity contribution is 0.117. The molecule has 12 heavy (non-hydrogen) atoms. The van der Waals surface area contributed by atoms with E-state index < -0.39 is 0 Å². The minimum absolute atomic E-state index is 0.322. The number of aliphatic imine (C=N–C) groups is 1. The molecule has 1 heterocycles. The molecule has 0 radical (unpaired) electrons. The summed E-state index contributed by atoms with van der Waals surface area (Å²) in [6, 6.07) is 0. The normalized spacial score (nSPS) is 25.2. The lowest BCUT2D eigenvalue weighted by atomic mass is 10.2. The van der Waals surface area contributed by atoms with E-state index in [2.05, 4.69) is 4.99 Å². The van der Waals surface area contributed by atoms with Crippen molar-refractivity contribution in [1.29, 1.82) is 0 Å². The first-order valence-corrected chi connectivity index (χ1v) is 4.61. The third-order valence-corrected chi connectivity index (χ3v) is 2.09. The quantitative estimate of drug-likeness (QED) is 0.510. The number of nitrogens with two attached hydrogens (primary N) is 1. The van der Waals surface area contributed by atoms with E-state index >= 15 is 0 Å². The van der Waals surface area contributed by atoms with Crippen LogP contribution < -0.4 is 5.73 Å². The molecule has 1 aliphatic heterocycles. The van der Waals surface area contributed by atoms with Crippen LogP contribution in [-0.4, -0.2) is 25.1 Å². The molecule has 1 fully saturated rings. The van der Waals surface area contributed by atoms with Crippen LogP contribution in [0.3, 0.4) is 0 Å². The van der Waals surface area contributed by atoms with Crippen LogP contribution in [-0.2, 0) is 4.74 Å². The molecule has 0 bridgehead atoms. The van der Waals surface area contributed by atoms with Crippen LogP contribution >= 0.6 is 0 Å². The molecule has 70 valence electrons. The van der Waals surface area contributed by atoms with Gasteiger partial charge in [0.1, 0.15) is 0 Å². The fourth-order valence-electron chi connectivity index (χ4n) is 1.18. The average molecular weight is 170 g/mol. The summed E-state index contributed by atoms with van der Waals surface area (Å²) in [7, 11) is 0. The Morgan fingerprint density at radius 1 is 1.67 bits per heavy atom. The Morgan fingerprint density at radius 2 is 2.42 bits per heavy atom. The number of hydrogen-bond donors (Lipinski definition) is 1. The maximum atomic E-state index is 5.69. The van der Waals surface area contributed by atoms with Gasteiger partial charge in [-0.1, -0.05) is 13.8 Å². The van der Waals surface area contributed by atoms with Crippen LogP contribution in [0.4, 0.5) is 0 Å². The smallest absolute Gasteiger partial charge is 0.0963 e. The van der Waals surface area contributed by atoms with Gasteiger partial charge in [-0.15, -0.1) is 0 Å². The van der Waals surface area contributed by atoms with Gasteiger partial charge in [-0.2, -0.15) is 0 Å². The number of rotatable bonds is 3. The highest BCUT2D eigenvalue weighted by Gasteiger charge is 2.14. The molecule has 3 heteroatoms. The number of ether oxygens (including phenoxy) is 1. The second-order valence-electron chi connectivity index (χ2n) is 3.56. The van der Waals surface area contributed by atoms with Crippen molar-refractivity contribution in [2.24, 2.45) is 16.6 Å². The van der Waals surface area contributed by atoms with E-state index in [1.807, 2.05) is 13.8 Å². The second kappa shape index (κ2) is 4.45. The molecule has 3 nitrogen and oxygen atoms in total. The van der Waals surface area contributed by atoms with Gasteiger partial charge < -0.3 is 10.5 Å². The molecule has 1 aliphatic rings. The zero-order chi connectivity index (χ0) is 8.97. The molecule has 1 rings (SSSR count). The zero-order valence-corrected chi connectivity index (χ0v) is 7.92. The molecular formula is C9H18N2O. The van der Waals surface area contributed by atoms with Crippen molar-refractivity contribution in [1.82, 2.24) is 0 Å². The SMILES string of the molecule is CC(C)C(N)=NCC1CCCO1. The first kappa shape index (κ1) is 9.52. The Hall–Kier alpha value is -0.570. The predicted octanol–water partition coefficient (Wildman–Crippen LogP) is 1.18. The average Bonchev–Trinajstić information content (AvgIpc) is 2.51. The molecule has 1 atom stereocenters. The fourth-order valence-corrected chi connectivity index (χ4v) is 1.18. The molecule has 0 aromatic carbocycles. The van der Waals surface area contributed by atoms with E-state index in [9.17, 15) is 0 Å². The first-order valence-electron chi connectivity index (χ1n) is 4.61. The highest BCUT2D eigenvalue weighted by atomic mass is 16.5. The van der Waals surface area contributed by atoms with Gasteiger partial charge in [-0.05, 0) is 12.8 Å². The molecule has 0 aromatic rings. The minimum Gasteiger partial charge on any atom is -0.387 e. The van der Waals surface area contributed by atoms with Crippen molar-refractivity contribution >= 4 is 5.84 Å². The van der Waals surface area contributed by atoms with E-state index in [-0.39, 0.29) is 0 Å². The Bertz CT molecular complexity index is 160. The van der Waals surface area contributed by atoms with Crippen LogP contribution in [0.15, 0.2) is 4.99 Å². The Morgan fingerprint density at radius 3 is 2.92 bits per heavy atom. The number of amidine groups is 1. The van der Waals surface area contributed by atoms with E-state index in [0.717, 1.165) is 25.4 Å². The predicted molar refractivity (Wildman–Crippen MR) is 50.3 cm³/mol. The fraction of sp³-hybridized carbons (Fsp3) is 0.889. The first-order chi connectivity index (χ1) is 5.70. The molecule has 1 saturated heterocycles. The van der Waals surface area contributed by atoms with Crippen molar-refractivity contribution in [3.63, 3.8) is 0 Å². The molecule has 0 amide bonds. The van der Waals surface area contributed by atoms with Gasteiger partial charge in [-0.3, -0.25) is 4.99 Å². The molecule has 0 spiro atoms. The Balaban J connectivity index is 2.26. The molecule has 0 aliphatic carbocycles. The van der Waals surface area contributed by atoms with Crippen LogP contribution in [0, 0.1) is 5.92 Å². The second-order valence-corrected chi connectivity index (χ2v) is 3.56. The summed E-state index contributed by atoms with van der Waals surface area (Å²) >= 11 is 0. The standard InChI is InChI=1S/C9H18N2O/c1-7(2)9(10)11-6-8-4-3-5-12-8/h7-8H,3-6H2,1-2H3,(H2,10,11). The molecule has 2 N–H and O–H groups in total. The summed E-state index contributed by atoms with van der Waals surface area (Å²) in [6.07, 6.45) is 2.62. The summed E-state index contributed by atoms with van der Waals surface area (Å²) in [5.41, 5.74) is 5.69. The van der Waals surface area contributed by atoms with Crippen LogP contribution in [0.5, 0.6) is 0 Å². The maximum absolute atomic E-state index is 5.69. The van der Waals surface area contributed by atoms with Gasteiger partial charge in [0.05, 0.1) is 18.5 Å². The summed E-state index contributed by atoms with van der Waals surface area (Å²) in [5, 5.41) is 0. The third kappa shape index (κ3) is 2.81. The minimum atomic E-state index is 0.322. The Kier molecular flexibility index (Phi) is 3.53. The van der Waals surface area contributed by atoms with Gasteiger partial charge in [-0.25, -0.2) is 0 Å². The van der Waals surface area contributed by atoms with E-state index in [4.69, 9.17) is 10.5 Å². The van der Waals surface area contributed by atoms with Gasteiger partial charge in [0.15, 0.2) is 0 Å². The topological polar surface area (TPSA) is 47.6 Å². The molecular weight excluding hydrogens is 152 g/mol. The van der Waals surface area contributed by atoms with Gasteiger partial charge in [0.2, 0.25) is 0 Å². The number of nitrogens with zero attached hydrogens (tertiary/aromatic N) is 1. The summed E-state index contributed by atoms with van der Waals surface area (Å²) < 4.78 is 5.42. The highest BCUT2D eigenvalue weighted by Crippen LogP contribution is 2.11. The molecule has 0 saturated carbocycles. The summed E-state index contributed by atoms with van der Waals surface area (Å²) in [4.78, 5) is 4.28. The monoisotopic (exact) mass is 170 g/mol. The summed E-state index contributed by atoms with van der Waals surface area (Å²) in [6.45, 7) is 5.73. The lowest BCUT2D eigenvalue weighted by Gasteiger charge is -2.07. The highest BCUT2D eigenvalue weighted by molar-refractivity contribution is 5.82. The van der Waals surface area contributed by atoms with Crippen LogP contribution in [0.25, 0.3) is 0 Å². The lowest BCUT2D eigenvalue weighted by Crippen LogP contribution is -2.21. The van der Waals surface area contributed by atoms with Gasteiger partial charge in [0.25, 0.3) is 0 Å². The van der Waals surface area contributed by atoms with Gasteiger partial charge in [0, 0.05) is 12.5 Å². The Labute approximate surface area is 74.0 Å². The largest absolute Gasteiger partial charge is 0.387 e. The van der Waals surface area contributed by atoms with Crippen molar-refractivity contribution in [3.05, 3.63) is 0 Å².